The average molecular weight is 516 g/mol. The van der Waals surface area contributed by atoms with E-state index >= 15 is 0 Å². The van der Waals surface area contributed by atoms with Crippen LogP contribution in [0.4, 0.5) is 13.2 Å². The van der Waals surface area contributed by atoms with Gasteiger partial charge in [0.15, 0.2) is 5.60 Å². The molecule has 0 aliphatic rings. The van der Waals surface area contributed by atoms with Crippen LogP contribution < -0.4 is 9.47 Å². The maximum atomic E-state index is 13.8. The fourth-order valence-corrected chi connectivity index (χ4v) is 5.16. The lowest BCUT2D eigenvalue weighted by Crippen LogP contribution is -2.36. The minimum Gasteiger partial charge on any atom is -0.497 e. The number of hydrogen-bond donors (Lipinski definition) is 0. The van der Waals surface area contributed by atoms with Gasteiger partial charge in [0.05, 0.1) is 44.7 Å². The van der Waals surface area contributed by atoms with Crippen molar-refractivity contribution in [1.29, 1.82) is 0 Å². The third kappa shape index (κ3) is 5.08. The van der Waals surface area contributed by atoms with Crippen LogP contribution in [0.1, 0.15) is 25.1 Å². The molecule has 0 amide bonds. The minimum absolute atomic E-state index is 0.00122. The average Bonchev–Trinajstić information content (AvgIpc) is 3.19. The lowest BCUT2D eigenvalue weighted by Gasteiger charge is -2.23. The number of carbonyl (C=O) groups is 1. The van der Waals surface area contributed by atoms with Crippen LogP contribution in [0, 0.1) is 0 Å². The van der Waals surface area contributed by atoms with Gasteiger partial charge in [0.1, 0.15) is 16.4 Å². The van der Waals surface area contributed by atoms with Crippen LogP contribution in [-0.2, 0) is 37.1 Å². The van der Waals surface area contributed by atoms with Crippen LogP contribution in [0.3, 0.4) is 0 Å². The number of carbonyl (C=O) groups excluding carboxylic acids is 1. The molecule has 0 saturated carbocycles. The molecule has 0 fully saturated rings. The van der Waals surface area contributed by atoms with Gasteiger partial charge in [-0.25, -0.2) is 17.2 Å². The maximum absolute atomic E-state index is 13.8. The summed E-state index contributed by atoms with van der Waals surface area (Å²) in [6.07, 6.45) is -4.63. The summed E-state index contributed by atoms with van der Waals surface area (Å²) in [6, 6.07) is 8.12. The van der Waals surface area contributed by atoms with Crippen molar-refractivity contribution in [2.24, 2.45) is 0 Å². The second kappa shape index (κ2) is 9.42. The SMILES string of the molecule is COC(=O)C(C)(C)OCc1cc2cc(C(F)(F)F)ccc2n1S(=O)(=O)c1cc(OC)ccc1OC. The Kier molecular flexibility index (Phi) is 7.09. The summed E-state index contributed by atoms with van der Waals surface area (Å²) >= 11 is 0. The van der Waals surface area contributed by atoms with Crippen LogP contribution in [0.5, 0.6) is 11.5 Å². The van der Waals surface area contributed by atoms with E-state index in [2.05, 4.69) is 0 Å². The Labute approximate surface area is 200 Å². The van der Waals surface area contributed by atoms with E-state index in [4.69, 9.17) is 18.9 Å². The molecule has 190 valence electrons. The van der Waals surface area contributed by atoms with Gasteiger partial charge >= 0.3 is 12.1 Å². The summed E-state index contributed by atoms with van der Waals surface area (Å²) < 4.78 is 89.1. The molecule has 35 heavy (non-hydrogen) atoms. The van der Waals surface area contributed by atoms with Gasteiger partial charge < -0.3 is 18.9 Å². The van der Waals surface area contributed by atoms with Gasteiger partial charge in [0, 0.05) is 11.5 Å². The predicted molar refractivity (Wildman–Crippen MR) is 120 cm³/mol. The van der Waals surface area contributed by atoms with Crippen molar-refractivity contribution < 1.29 is 45.3 Å². The first-order valence-electron chi connectivity index (χ1n) is 10.2. The molecule has 0 atom stereocenters. The van der Waals surface area contributed by atoms with E-state index in [0.717, 1.165) is 22.2 Å². The molecule has 0 N–H and O–H groups in total. The largest absolute Gasteiger partial charge is 0.497 e. The molecule has 1 heterocycles. The molecule has 0 saturated heterocycles. The highest BCUT2D eigenvalue weighted by atomic mass is 32.2. The van der Waals surface area contributed by atoms with Gasteiger partial charge in [0.2, 0.25) is 0 Å². The minimum atomic E-state index is -4.63. The number of halogens is 3. The Morgan fingerprint density at radius 3 is 2.23 bits per heavy atom. The lowest BCUT2D eigenvalue weighted by molar-refractivity contribution is -0.166. The van der Waals surface area contributed by atoms with Gasteiger partial charge in [0.25, 0.3) is 10.0 Å². The fraction of sp³-hybridized carbons (Fsp3) is 0.348. The van der Waals surface area contributed by atoms with Crippen LogP contribution in [-0.4, -0.2) is 45.3 Å². The molecule has 0 aliphatic carbocycles. The number of esters is 1. The third-order valence-electron chi connectivity index (χ3n) is 5.30. The Morgan fingerprint density at radius 1 is 0.971 bits per heavy atom. The van der Waals surface area contributed by atoms with Crippen LogP contribution in [0.15, 0.2) is 47.4 Å². The molecule has 2 aromatic carbocycles. The highest BCUT2D eigenvalue weighted by Gasteiger charge is 2.34. The molecule has 0 bridgehead atoms. The van der Waals surface area contributed by atoms with Crippen molar-refractivity contribution in [3.63, 3.8) is 0 Å². The molecule has 1 aromatic heterocycles. The summed E-state index contributed by atoms with van der Waals surface area (Å²) in [5.41, 5.74) is -2.43. The Hall–Kier alpha value is -3.25. The van der Waals surface area contributed by atoms with E-state index in [1.54, 1.807) is 0 Å². The van der Waals surface area contributed by atoms with Gasteiger partial charge in [-0.05, 0) is 50.2 Å². The zero-order valence-electron chi connectivity index (χ0n) is 19.6. The molecule has 0 spiro atoms. The smallest absolute Gasteiger partial charge is 0.416 e. The van der Waals surface area contributed by atoms with E-state index in [0.29, 0.717) is 0 Å². The standard InChI is InChI=1S/C23H24F3NO7S/c1-22(2,21(28)33-5)34-13-16-11-14-10-15(23(24,25)26)6-8-18(14)27(16)35(29,30)20-12-17(31-3)7-9-19(20)32-4/h6-12H,13H2,1-5H3. The van der Waals surface area contributed by atoms with Gasteiger partial charge in [-0.2, -0.15) is 13.2 Å². The van der Waals surface area contributed by atoms with Crippen molar-refractivity contribution in [3.05, 3.63) is 53.7 Å². The number of alkyl halides is 3. The molecular formula is C23H24F3NO7S. The van der Waals surface area contributed by atoms with E-state index in [-0.39, 0.29) is 33.0 Å². The van der Waals surface area contributed by atoms with Crippen LogP contribution >= 0.6 is 0 Å². The van der Waals surface area contributed by atoms with Crippen LogP contribution in [0.2, 0.25) is 0 Å². The first-order valence-corrected chi connectivity index (χ1v) is 11.6. The van der Waals surface area contributed by atoms with Crippen molar-refractivity contribution in [1.82, 2.24) is 3.97 Å². The van der Waals surface area contributed by atoms with E-state index < -0.39 is 39.9 Å². The van der Waals surface area contributed by atoms with Crippen molar-refractivity contribution >= 4 is 26.9 Å². The Balaban J connectivity index is 2.26. The molecule has 0 radical (unpaired) electrons. The summed E-state index contributed by atoms with van der Waals surface area (Å²) in [5.74, 6) is -0.483. The molecule has 0 aliphatic heterocycles. The molecular weight excluding hydrogens is 491 g/mol. The van der Waals surface area contributed by atoms with Gasteiger partial charge in [-0.1, -0.05) is 0 Å². The first kappa shape index (κ1) is 26.4. The number of ether oxygens (including phenoxy) is 4. The Morgan fingerprint density at radius 2 is 1.66 bits per heavy atom. The van der Waals surface area contributed by atoms with Crippen LogP contribution in [0.25, 0.3) is 10.9 Å². The van der Waals surface area contributed by atoms with E-state index in [1.165, 1.54) is 59.4 Å². The van der Waals surface area contributed by atoms with Crippen molar-refractivity contribution in [2.45, 2.75) is 37.1 Å². The van der Waals surface area contributed by atoms with Crippen molar-refractivity contribution in [3.8, 4) is 11.5 Å². The zero-order valence-corrected chi connectivity index (χ0v) is 20.4. The summed E-state index contributed by atoms with van der Waals surface area (Å²) in [4.78, 5) is 11.7. The monoisotopic (exact) mass is 515 g/mol. The number of nitrogens with zero attached hydrogens (tertiary/aromatic N) is 1. The topological polar surface area (TPSA) is 93.1 Å². The third-order valence-corrected chi connectivity index (χ3v) is 7.09. The van der Waals surface area contributed by atoms with Gasteiger partial charge in [-0.3, -0.25) is 0 Å². The molecule has 3 rings (SSSR count). The summed E-state index contributed by atoms with van der Waals surface area (Å²) in [7, 11) is -0.624. The number of methoxy groups -OCH3 is 3. The maximum Gasteiger partial charge on any atom is 0.416 e. The fourth-order valence-electron chi connectivity index (χ4n) is 3.45. The quantitative estimate of drug-likeness (QED) is 0.411. The first-order chi connectivity index (χ1) is 16.3. The second-order valence-electron chi connectivity index (χ2n) is 7.98. The number of aromatic nitrogens is 1. The lowest BCUT2D eigenvalue weighted by atomic mass is 10.1. The summed E-state index contributed by atoms with van der Waals surface area (Å²) in [6.45, 7) is 2.42. The highest BCUT2D eigenvalue weighted by Crippen LogP contribution is 2.36. The summed E-state index contributed by atoms with van der Waals surface area (Å²) in [5, 5.41) is 0.0136. The second-order valence-corrected chi connectivity index (χ2v) is 9.74. The number of fused-ring (bicyclic) bond motifs is 1. The van der Waals surface area contributed by atoms with Gasteiger partial charge in [-0.15, -0.1) is 0 Å². The highest BCUT2D eigenvalue weighted by molar-refractivity contribution is 7.90. The Bertz CT molecular complexity index is 1360. The van der Waals surface area contributed by atoms with E-state index in [9.17, 15) is 26.4 Å². The number of benzene rings is 2. The number of hydrogen-bond acceptors (Lipinski definition) is 7. The predicted octanol–water partition coefficient (Wildman–Crippen LogP) is 4.38. The molecule has 0 unspecified atom stereocenters. The molecule has 12 heteroatoms. The number of rotatable bonds is 8. The molecule has 8 nitrogen and oxygen atoms in total. The molecule has 3 aromatic rings. The zero-order chi connectivity index (χ0) is 26.2. The van der Waals surface area contributed by atoms with Crippen molar-refractivity contribution in [2.75, 3.05) is 21.3 Å². The van der Waals surface area contributed by atoms with E-state index in [1.807, 2.05) is 0 Å². The normalized spacial score (nSPS) is 12.6.